The topological polar surface area (TPSA) is 131 Å². The molecule has 1 atom stereocenters. The lowest BCUT2D eigenvalue weighted by Gasteiger charge is -2.38. The van der Waals surface area contributed by atoms with Crippen molar-refractivity contribution in [2.24, 2.45) is 22.4 Å². The van der Waals surface area contributed by atoms with Crippen LogP contribution in [0.25, 0.3) is 0 Å². The van der Waals surface area contributed by atoms with E-state index < -0.39 is 52.6 Å². The van der Waals surface area contributed by atoms with Crippen molar-refractivity contribution in [1.82, 2.24) is 10.2 Å². The highest BCUT2D eigenvalue weighted by Crippen LogP contribution is 2.43. The Morgan fingerprint density at radius 2 is 1.77 bits per heavy atom. The van der Waals surface area contributed by atoms with Crippen LogP contribution in [0.1, 0.15) is 24.3 Å². The Labute approximate surface area is 169 Å². The minimum atomic E-state index is -5.22. The number of aliphatic hydroxyl groups is 1. The van der Waals surface area contributed by atoms with Crippen LogP contribution < -0.4 is 16.4 Å². The first-order chi connectivity index (χ1) is 13.7. The van der Waals surface area contributed by atoms with Gasteiger partial charge in [-0.3, -0.25) is 4.79 Å². The number of piperidine rings is 1. The van der Waals surface area contributed by atoms with Crippen LogP contribution in [0.3, 0.4) is 0 Å². The molecule has 3 heterocycles. The molecule has 0 radical (unpaired) electrons. The fraction of sp³-hybridized carbons (Fsp3) is 0.600. The van der Waals surface area contributed by atoms with E-state index in [0.29, 0.717) is 11.3 Å². The molecule has 0 saturated carbocycles. The maximum Gasteiger partial charge on any atom is 0.445 e. The van der Waals surface area contributed by atoms with Crippen LogP contribution in [0.5, 0.6) is 0 Å². The van der Waals surface area contributed by atoms with Crippen molar-refractivity contribution >= 4 is 28.2 Å². The molecule has 0 aliphatic carbocycles. The molecule has 0 spiro atoms. The summed E-state index contributed by atoms with van der Waals surface area (Å²) < 4.78 is 78.6. The highest BCUT2D eigenvalue weighted by Gasteiger charge is 2.60. The number of carbonyl (C=O) groups excluding carboxylic acids is 1. The minimum Gasteiger partial charge on any atom is -0.401 e. The zero-order valence-corrected chi connectivity index (χ0v) is 15.9. The molecule has 15 heteroatoms. The minimum absolute atomic E-state index is 0.0307. The van der Waals surface area contributed by atoms with Crippen LogP contribution in [0.2, 0.25) is 0 Å². The average Bonchev–Trinajstić information content (AvgIpc) is 3.10. The monoisotopic (exact) mass is 458 g/mol. The van der Waals surface area contributed by atoms with Crippen LogP contribution in [0.15, 0.2) is 16.3 Å². The molecule has 1 aromatic rings. The number of amides is 1. The third kappa shape index (κ3) is 3.95. The maximum atomic E-state index is 13.5. The van der Waals surface area contributed by atoms with E-state index in [-0.39, 0.29) is 36.8 Å². The van der Waals surface area contributed by atoms with Gasteiger partial charge in [-0.25, -0.2) is 0 Å². The summed E-state index contributed by atoms with van der Waals surface area (Å²) in [6.07, 6.45) is -10.9. The predicted octanol–water partition coefficient (Wildman–Crippen LogP) is 1.57. The zero-order valence-electron chi connectivity index (χ0n) is 15.1. The van der Waals surface area contributed by atoms with Gasteiger partial charge in [-0.15, -0.1) is 10.2 Å². The Hall–Kier alpha value is -2.42. The normalized spacial score (nSPS) is 26.0. The number of alkyl halides is 6. The summed E-state index contributed by atoms with van der Waals surface area (Å²) in [7, 11) is 0. The summed E-state index contributed by atoms with van der Waals surface area (Å²) in [6.45, 7) is 0.289. The predicted molar refractivity (Wildman–Crippen MR) is 93.3 cm³/mol. The lowest BCUT2D eigenvalue weighted by Crippen LogP contribution is -2.55. The van der Waals surface area contributed by atoms with Crippen molar-refractivity contribution in [1.29, 1.82) is 0 Å². The first-order valence-corrected chi connectivity index (χ1v) is 9.38. The number of amidine groups is 1. The van der Waals surface area contributed by atoms with Crippen molar-refractivity contribution in [3.63, 3.8) is 0 Å². The molecular weight excluding hydrogens is 442 g/mol. The quantitative estimate of drug-likeness (QED) is 0.574. The number of halogens is 6. The van der Waals surface area contributed by atoms with Crippen LogP contribution in [0, 0.1) is 5.92 Å². The molecule has 1 amide bonds. The molecule has 2 aliphatic rings. The van der Waals surface area contributed by atoms with Crippen molar-refractivity contribution < 1.29 is 36.2 Å². The molecular formula is C15H16F6N6O2S. The SMILES string of the molecule is NC1=NC(=O)CC(O)(C(F)(F)F)C1=C(N)C1CCN(c2nnc(C(F)(F)F)s2)CC1. The molecule has 1 saturated heterocycles. The number of nitrogens with two attached hydrogens (primary N) is 2. The Bertz CT molecular complexity index is 902. The van der Waals surface area contributed by atoms with E-state index in [0.717, 1.165) is 0 Å². The molecule has 1 fully saturated rings. The summed E-state index contributed by atoms with van der Waals surface area (Å²) in [5.41, 5.74) is 6.69. The van der Waals surface area contributed by atoms with Gasteiger partial charge in [0.05, 0.1) is 12.0 Å². The molecule has 1 unspecified atom stereocenters. The number of hydrogen-bond acceptors (Lipinski definition) is 8. The van der Waals surface area contributed by atoms with Gasteiger partial charge in [-0.1, -0.05) is 11.3 Å². The van der Waals surface area contributed by atoms with Crippen LogP contribution in [-0.2, 0) is 11.0 Å². The Balaban J connectivity index is 1.83. The van der Waals surface area contributed by atoms with E-state index in [1.54, 1.807) is 0 Å². The molecule has 0 aromatic carbocycles. The van der Waals surface area contributed by atoms with Gasteiger partial charge >= 0.3 is 12.4 Å². The van der Waals surface area contributed by atoms with Gasteiger partial charge in [-0.2, -0.15) is 31.3 Å². The Kier molecular flexibility index (Phi) is 5.47. The highest BCUT2D eigenvalue weighted by molar-refractivity contribution is 7.15. The lowest BCUT2D eigenvalue weighted by atomic mass is 9.80. The summed E-state index contributed by atoms with van der Waals surface area (Å²) in [4.78, 5) is 16.3. The summed E-state index contributed by atoms with van der Waals surface area (Å²) in [6, 6.07) is 0. The first kappa shape index (κ1) is 22.3. The third-order valence-corrected chi connectivity index (χ3v) is 5.97. The largest absolute Gasteiger partial charge is 0.445 e. The molecule has 30 heavy (non-hydrogen) atoms. The smallest absolute Gasteiger partial charge is 0.401 e. The third-order valence-electron chi connectivity index (χ3n) is 4.94. The summed E-state index contributed by atoms with van der Waals surface area (Å²) in [5.74, 6) is -2.69. The lowest BCUT2D eigenvalue weighted by molar-refractivity contribution is -0.244. The molecule has 5 N–H and O–H groups in total. The number of hydrogen-bond donors (Lipinski definition) is 3. The van der Waals surface area contributed by atoms with E-state index in [9.17, 15) is 36.2 Å². The van der Waals surface area contributed by atoms with Crippen molar-refractivity contribution in [2.75, 3.05) is 18.0 Å². The number of aliphatic imine (C=N–C) groups is 1. The fourth-order valence-corrected chi connectivity index (χ4v) is 4.18. The second kappa shape index (κ2) is 7.37. The Morgan fingerprint density at radius 1 is 1.17 bits per heavy atom. The average molecular weight is 458 g/mol. The van der Waals surface area contributed by atoms with Gasteiger partial charge in [0.15, 0.2) is 5.60 Å². The number of allylic oxidation sites excluding steroid dienone is 1. The second-order valence-electron chi connectivity index (χ2n) is 6.90. The molecule has 166 valence electrons. The van der Waals surface area contributed by atoms with E-state index in [1.807, 2.05) is 0 Å². The van der Waals surface area contributed by atoms with Crippen LogP contribution in [-0.4, -0.2) is 51.9 Å². The van der Waals surface area contributed by atoms with Gasteiger partial charge in [-0.05, 0) is 12.8 Å². The Morgan fingerprint density at radius 3 is 2.27 bits per heavy atom. The van der Waals surface area contributed by atoms with Crippen molar-refractivity contribution in [3.8, 4) is 0 Å². The van der Waals surface area contributed by atoms with Gasteiger partial charge < -0.3 is 21.5 Å². The van der Waals surface area contributed by atoms with E-state index >= 15 is 0 Å². The number of carbonyl (C=O) groups is 1. The zero-order chi connectivity index (χ0) is 22.5. The first-order valence-electron chi connectivity index (χ1n) is 8.56. The molecule has 2 aliphatic heterocycles. The van der Waals surface area contributed by atoms with Crippen LogP contribution >= 0.6 is 11.3 Å². The number of aromatic nitrogens is 2. The second-order valence-corrected chi connectivity index (χ2v) is 7.86. The molecule has 3 rings (SSSR count). The van der Waals surface area contributed by atoms with Gasteiger partial charge in [0.1, 0.15) is 5.84 Å². The van der Waals surface area contributed by atoms with E-state index in [1.165, 1.54) is 4.90 Å². The summed E-state index contributed by atoms with van der Waals surface area (Å²) in [5, 5.41) is 15.8. The van der Waals surface area contributed by atoms with E-state index in [2.05, 4.69) is 15.2 Å². The van der Waals surface area contributed by atoms with Gasteiger partial charge in [0.2, 0.25) is 10.1 Å². The molecule has 1 aromatic heterocycles. The van der Waals surface area contributed by atoms with E-state index in [4.69, 9.17) is 11.5 Å². The number of rotatable bonds is 2. The highest BCUT2D eigenvalue weighted by atomic mass is 32.1. The van der Waals surface area contributed by atoms with Crippen molar-refractivity contribution in [3.05, 3.63) is 16.3 Å². The standard InChI is InChI=1S/C15H16F6N6O2S/c16-14(17,18)11-25-26-12(30-11)27-3-1-6(2-4-27)9(22)8-10(23)24-7(28)5-13(8,29)15(19,20)21/h6,29H,1-5,22H2,(H2,23,24,28). The van der Waals surface area contributed by atoms with Crippen LogP contribution in [0.4, 0.5) is 31.5 Å². The summed E-state index contributed by atoms with van der Waals surface area (Å²) >= 11 is 0.358. The molecule has 0 bridgehead atoms. The fourth-order valence-electron chi connectivity index (χ4n) is 3.42. The molecule has 8 nitrogen and oxygen atoms in total. The van der Waals surface area contributed by atoms with Crippen molar-refractivity contribution in [2.45, 2.75) is 37.2 Å². The number of anilines is 1. The maximum absolute atomic E-state index is 13.5. The van der Waals surface area contributed by atoms with Gasteiger partial charge in [0.25, 0.3) is 5.91 Å². The number of nitrogens with zero attached hydrogens (tertiary/aromatic N) is 4. The van der Waals surface area contributed by atoms with Gasteiger partial charge in [0, 0.05) is 24.7 Å².